The van der Waals surface area contributed by atoms with Crippen molar-refractivity contribution in [3.05, 3.63) is 53.2 Å². The number of methoxy groups -OCH3 is 1. The molecule has 3 aromatic rings. The summed E-state index contributed by atoms with van der Waals surface area (Å²) in [5.41, 5.74) is 5.86. The average molecular weight is 361 g/mol. The summed E-state index contributed by atoms with van der Waals surface area (Å²) in [7, 11) is 1.69. The number of fused-ring (bicyclic) bond motifs is 1. The van der Waals surface area contributed by atoms with Crippen LogP contribution in [0.15, 0.2) is 36.4 Å². The van der Waals surface area contributed by atoms with E-state index in [2.05, 4.69) is 37.4 Å². The second-order valence-corrected chi connectivity index (χ2v) is 7.18. The number of piperidine rings is 1. The molecule has 1 aromatic carbocycles. The van der Waals surface area contributed by atoms with Crippen LogP contribution in [0.25, 0.3) is 22.3 Å². The maximum atomic E-state index is 11.4. The average Bonchev–Trinajstić information content (AvgIpc) is 2.67. The first kappa shape index (κ1) is 17.5. The molecule has 4 rings (SSSR count). The third kappa shape index (κ3) is 3.37. The number of amides is 1. The van der Waals surface area contributed by atoms with Crippen molar-refractivity contribution < 1.29 is 9.53 Å². The fourth-order valence-electron chi connectivity index (χ4n) is 3.78. The van der Waals surface area contributed by atoms with Crippen LogP contribution in [0.4, 0.5) is 0 Å². The molecule has 138 valence electrons. The molecular formula is C22H23N3O2. The van der Waals surface area contributed by atoms with Gasteiger partial charge in [0, 0.05) is 35.5 Å². The highest BCUT2D eigenvalue weighted by molar-refractivity contribution is 5.81. The summed E-state index contributed by atoms with van der Waals surface area (Å²) < 4.78 is 5.60. The monoisotopic (exact) mass is 361 g/mol. The number of benzene rings is 1. The van der Waals surface area contributed by atoms with Crippen LogP contribution in [0.5, 0.6) is 5.75 Å². The number of carbonyl (C=O) groups excluding carboxylic acids is 1. The quantitative estimate of drug-likeness (QED) is 0.768. The Morgan fingerprint density at radius 2 is 1.93 bits per heavy atom. The fraction of sp³-hybridized carbons (Fsp3) is 0.318. The Balaban J connectivity index is 1.77. The molecule has 3 heterocycles. The molecule has 2 aromatic heterocycles. The van der Waals surface area contributed by atoms with E-state index in [-0.39, 0.29) is 11.8 Å². The van der Waals surface area contributed by atoms with Gasteiger partial charge in [0.2, 0.25) is 5.91 Å². The van der Waals surface area contributed by atoms with E-state index in [1.807, 2.05) is 18.2 Å². The van der Waals surface area contributed by atoms with Crippen molar-refractivity contribution in [3.63, 3.8) is 0 Å². The van der Waals surface area contributed by atoms with Crippen LogP contribution in [-0.2, 0) is 4.79 Å². The highest BCUT2D eigenvalue weighted by Crippen LogP contribution is 2.34. The second-order valence-electron chi connectivity index (χ2n) is 7.18. The van der Waals surface area contributed by atoms with E-state index in [1.165, 1.54) is 0 Å². The van der Waals surface area contributed by atoms with Gasteiger partial charge >= 0.3 is 0 Å². The van der Waals surface area contributed by atoms with Gasteiger partial charge in [0.1, 0.15) is 5.75 Å². The predicted octanol–water partition coefficient (Wildman–Crippen LogP) is 3.92. The number of hydrogen-bond acceptors (Lipinski definition) is 4. The van der Waals surface area contributed by atoms with Gasteiger partial charge in [-0.15, -0.1) is 0 Å². The van der Waals surface area contributed by atoms with Crippen LogP contribution in [0.3, 0.4) is 0 Å². The van der Waals surface area contributed by atoms with Crippen LogP contribution >= 0.6 is 0 Å². The van der Waals surface area contributed by atoms with Crippen molar-refractivity contribution >= 4 is 16.9 Å². The van der Waals surface area contributed by atoms with Crippen molar-refractivity contribution in [2.24, 2.45) is 0 Å². The van der Waals surface area contributed by atoms with E-state index in [1.54, 1.807) is 7.11 Å². The van der Waals surface area contributed by atoms with Gasteiger partial charge in [-0.3, -0.25) is 4.79 Å². The normalized spacial score (nSPS) is 17.0. The third-order valence-electron chi connectivity index (χ3n) is 5.18. The lowest BCUT2D eigenvalue weighted by Crippen LogP contribution is -2.33. The van der Waals surface area contributed by atoms with Crippen LogP contribution in [0.1, 0.15) is 35.6 Å². The molecule has 1 amide bonds. The number of rotatable bonds is 3. The molecule has 1 aliphatic rings. The molecule has 0 spiro atoms. The lowest BCUT2D eigenvalue weighted by molar-refractivity contribution is -0.122. The predicted molar refractivity (Wildman–Crippen MR) is 106 cm³/mol. The van der Waals surface area contributed by atoms with Gasteiger partial charge in [0.15, 0.2) is 5.65 Å². The SMILES string of the molecule is COc1cc(C)cc(C)c1-c1ccc2ccc(C3CCC(=O)NC3)nc2n1. The number of pyridine rings is 2. The lowest BCUT2D eigenvalue weighted by atomic mass is 9.95. The Labute approximate surface area is 158 Å². The summed E-state index contributed by atoms with van der Waals surface area (Å²) in [5, 5.41) is 3.93. The van der Waals surface area contributed by atoms with E-state index in [4.69, 9.17) is 14.7 Å². The number of nitrogens with one attached hydrogen (secondary N) is 1. The molecule has 0 bridgehead atoms. The van der Waals surface area contributed by atoms with Gasteiger partial charge in [-0.05, 0) is 61.7 Å². The second kappa shape index (κ2) is 6.99. The molecule has 0 saturated carbocycles. The number of aryl methyl sites for hydroxylation is 2. The first-order chi connectivity index (χ1) is 13.0. The zero-order chi connectivity index (χ0) is 19.0. The first-order valence-electron chi connectivity index (χ1n) is 9.25. The molecule has 1 atom stereocenters. The fourth-order valence-corrected chi connectivity index (χ4v) is 3.78. The lowest BCUT2D eigenvalue weighted by Gasteiger charge is -2.22. The number of aromatic nitrogens is 2. The molecule has 1 fully saturated rings. The number of hydrogen-bond donors (Lipinski definition) is 1. The highest BCUT2D eigenvalue weighted by Gasteiger charge is 2.21. The maximum absolute atomic E-state index is 11.4. The highest BCUT2D eigenvalue weighted by atomic mass is 16.5. The molecule has 0 aliphatic carbocycles. The summed E-state index contributed by atoms with van der Waals surface area (Å²) >= 11 is 0. The van der Waals surface area contributed by atoms with Gasteiger partial charge in [-0.25, -0.2) is 9.97 Å². The first-order valence-corrected chi connectivity index (χ1v) is 9.25. The molecule has 0 radical (unpaired) electrons. The summed E-state index contributed by atoms with van der Waals surface area (Å²) in [5.74, 6) is 1.19. The number of carbonyl (C=O) groups is 1. The zero-order valence-corrected chi connectivity index (χ0v) is 15.9. The van der Waals surface area contributed by atoms with Gasteiger partial charge in [0.05, 0.1) is 12.8 Å². The molecule has 1 unspecified atom stereocenters. The van der Waals surface area contributed by atoms with Gasteiger partial charge < -0.3 is 10.1 Å². The molecule has 1 N–H and O–H groups in total. The molecular weight excluding hydrogens is 338 g/mol. The standard InChI is InChI=1S/C22H23N3O2/c1-13-10-14(2)21(19(11-13)27-3)18-8-5-15-4-7-17(24-22(15)25-18)16-6-9-20(26)23-12-16/h4-5,7-8,10-11,16H,6,9,12H2,1-3H3,(H,23,26). The van der Waals surface area contributed by atoms with Crippen molar-refractivity contribution in [3.8, 4) is 17.0 Å². The molecule has 27 heavy (non-hydrogen) atoms. The Hall–Kier alpha value is -2.95. The zero-order valence-electron chi connectivity index (χ0n) is 15.9. The Bertz CT molecular complexity index is 1020. The van der Waals surface area contributed by atoms with Crippen LogP contribution in [0.2, 0.25) is 0 Å². The maximum Gasteiger partial charge on any atom is 0.220 e. The third-order valence-corrected chi connectivity index (χ3v) is 5.18. The van der Waals surface area contributed by atoms with Gasteiger partial charge in [0.25, 0.3) is 0 Å². The van der Waals surface area contributed by atoms with Crippen molar-refractivity contribution in [2.45, 2.75) is 32.6 Å². The minimum atomic E-state index is 0.120. The van der Waals surface area contributed by atoms with E-state index in [0.717, 1.165) is 51.3 Å². The van der Waals surface area contributed by atoms with E-state index in [9.17, 15) is 4.79 Å². The summed E-state index contributed by atoms with van der Waals surface area (Å²) in [6.07, 6.45) is 1.38. The van der Waals surface area contributed by atoms with Crippen LogP contribution < -0.4 is 10.1 Å². The molecule has 5 heteroatoms. The molecule has 1 saturated heterocycles. The van der Waals surface area contributed by atoms with Crippen LogP contribution in [0, 0.1) is 13.8 Å². The Morgan fingerprint density at radius 3 is 2.67 bits per heavy atom. The topological polar surface area (TPSA) is 64.1 Å². The Morgan fingerprint density at radius 1 is 1.11 bits per heavy atom. The van der Waals surface area contributed by atoms with E-state index >= 15 is 0 Å². The van der Waals surface area contributed by atoms with Crippen molar-refractivity contribution in [1.82, 2.24) is 15.3 Å². The number of nitrogens with zero attached hydrogens (tertiary/aromatic N) is 2. The van der Waals surface area contributed by atoms with E-state index in [0.29, 0.717) is 13.0 Å². The van der Waals surface area contributed by atoms with Gasteiger partial charge in [-0.2, -0.15) is 0 Å². The summed E-state index contributed by atoms with van der Waals surface area (Å²) in [6, 6.07) is 12.3. The minimum absolute atomic E-state index is 0.120. The molecule has 1 aliphatic heterocycles. The van der Waals surface area contributed by atoms with Gasteiger partial charge in [-0.1, -0.05) is 6.07 Å². The smallest absolute Gasteiger partial charge is 0.220 e. The summed E-state index contributed by atoms with van der Waals surface area (Å²) in [6.45, 7) is 4.77. The molecule has 5 nitrogen and oxygen atoms in total. The summed E-state index contributed by atoms with van der Waals surface area (Å²) in [4.78, 5) is 21.1. The number of ether oxygens (including phenoxy) is 1. The van der Waals surface area contributed by atoms with Crippen LogP contribution in [-0.4, -0.2) is 29.5 Å². The largest absolute Gasteiger partial charge is 0.496 e. The van der Waals surface area contributed by atoms with Crippen molar-refractivity contribution in [1.29, 1.82) is 0 Å². The Kier molecular flexibility index (Phi) is 4.52. The van der Waals surface area contributed by atoms with Crippen molar-refractivity contribution in [2.75, 3.05) is 13.7 Å². The minimum Gasteiger partial charge on any atom is -0.496 e. The van der Waals surface area contributed by atoms with E-state index < -0.39 is 0 Å².